The highest BCUT2D eigenvalue weighted by atomic mass is 19.1. The monoisotopic (exact) mass is 348 g/mol. The molecule has 0 spiro atoms. The Morgan fingerprint density at radius 3 is 2.46 bits per heavy atom. The van der Waals surface area contributed by atoms with Crippen molar-refractivity contribution in [3.8, 4) is 11.5 Å². The van der Waals surface area contributed by atoms with Crippen LogP contribution in [0.3, 0.4) is 0 Å². The van der Waals surface area contributed by atoms with Gasteiger partial charge in [-0.15, -0.1) is 0 Å². The minimum absolute atomic E-state index is 0.134. The molecule has 3 aromatic rings. The second kappa shape index (κ2) is 8.58. The van der Waals surface area contributed by atoms with Crippen LogP contribution in [0.2, 0.25) is 0 Å². The van der Waals surface area contributed by atoms with Crippen molar-refractivity contribution in [3.05, 3.63) is 95.8 Å². The lowest BCUT2D eigenvalue weighted by molar-refractivity contribution is -0.120. The van der Waals surface area contributed by atoms with E-state index in [1.54, 1.807) is 18.3 Å². The Hall–Kier alpha value is -3.47. The number of hydrogen-bond donors (Lipinski definition) is 1. The van der Waals surface area contributed by atoms with E-state index in [2.05, 4.69) is 10.5 Å². The molecule has 0 bridgehead atoms. The third-order valence-corrected chi connectivity index (χ3v) is 3.52. The van der Waals surface area contributed by atoms with Gasteiger partial charge in [0.2, 0.25) is 5.91 Å². The summed E-state index contributed by atoms with van der Waals surface area (Å²) in [6, 6.07) is 22.6. The molecule has 1 amide bonds. The van der Waals surface area contributed by atoms with Gasteiger partial charge in [0.05, 0.1) is 12.6 Å². The number of carbonyl (C=O) groups is 1. The van der Waals surface area contributed by atoms with Gasteiger partial charge in [0.15, 0.2) is 0 Å². The third-order valence-electron chi connectivity index (χ3n) is 3.52. The van der Waals surface area contributed by atoms with Crippen molar-refractivity contribution < 1.29 is 13.9 Å². The summed E-state index contributed by atoms with van der Waals surface area (Å²) < 4.78 is 18.6. The predicted molar refractivity (Wildman–Crippen MR) is 98.8 cm³/mol. The number of hydrazone groups is 1. The van der Waals surface area contributed by atoms with Crippen LogP contribution in [0.15, 0.2) is 84.0 Å². The van der Waals surface area contributed by atoms with E-state index in [0.717, 1.165) is 16.9 Å². The summed E-state index contributed by atoms with van der Waals surface area (Å²) in [5, 5.41) is 3.95. The normalized spacial score (nSPS) is 10.7. The standard InChI is InChI=1S/C21H17FN2O2/c22-18-11-9-16(10-12-18)14-21(25)24-23-15-17-5-4-8-20(13-17)26-19-6-2-1-3-7-19/h1-13,15H,14H2,(H,24,25)/b23-15+. The number of carbonyl (C=O) groups excluding carboxylic acids is 1. The number of amides is 1. The Labute approximate surface area is 150 Å². The maximum absolute atomic E-state index is 12.9. The molecule has 0 radical (unpaired) electrons. The highest BCUT2D eigenvalue weighted by Crippen LogP contribution is 2.21. The van der Waals surface area contributed by atoms with Crippen molar-refractivity contribution in [3.63, 3.8) is 0 Å². The largest absolute Gasteiger partial charge is 0.457 e. The van der Waals surface area contributed by atoms with Gasteiger partial charge in [-0.3, -0.25) is 4.79 Å². The van der Waals surface area contributed by atoms with Crippen LogP contribution in [0.1, 0.15) is 11.1 Å². The molecule has 4 nitrogen and oxygen atoms in total. The van der Waals surface area contributed by atoms with E-state index in [4.69, 9.17) is 4.74 Å². The fraction of sp³-hybridized carbons (Fsp3) is 0.0476. The summed E-state index contributed by atoms with van der Waals surface area (Å²) in [7, 11) is 0. The zero-order valence-corrected chi connectivity index (χ0v) is 13.9. The highest BCUT2D eigenvalue weighted by molar-refractivity contribution is 5.83. The van der Waals surface area contributed by atoms with E-state index in [9.17, 15) is 9.18 Å². The molecule has 26 heavy (non-hydrogen) atoms. The lowest BCUT2D eigenvalue weighted by Gasteiger charge is -2.05. The number of nitrogens with one attached hydrogen (secondary N) is 1. The molecule has 0 atom stereocenters. The van der Waals surface area contributed by atoms with Crippen LogP contribution in [0.25, 0.3) is 0 Å². The molecule has 3 aromatic carbocycles. The minimum atomic E-state index is -0.329. The second-order valence-electron chi connectivity index (χ2n) is 5.58. The molecule has 3 rings (SSSR count). The Balaban J connectivity index is 1.55. The molecule has 5 heteroatoms. The van der Waals surface area contributed by atoms with Gasteiger partial charge < -0.3 is 4.74 Å². The van der Waals surface area contributed by atoms with E-state index >= 15 is 0 Å². The first kappa shape index (κ1) is 17.4. The van der Waals surface area contributed by atoms with Crippen LogP contribution in [0.5, 0.6) is 11.5 Å². The second-order valence-corrected chi connectivity index (χ2v) is 5.58. The van der Waals surface area contributed by atoms with E-state index in [1.165, 1.54) is 12.1 Å². The summed E-state index contributed by atoms with van der Waals surface area (Å²) in [5.74, 6) is 0.821. The van der Waals surface area contributed by atoms with E-state index in [-0.39, 0.29) is 18.1 Å². The third kappa shape index (κ3) is 5.27. The SMILES string of the molecule is O=C(Cc1ccc(F)cc1)N/N=C/c1cccc(Oc2ccccc2)c1. The quantitative estimate of drug-likeness (QED) is 0.533. The van der Waals surface area contributed by atoms with Gasteiger partial charge in [0, 0.05) is 0 Å². The van der Waals surface area contributed by atoms with Crippen molar-refractivity contribution in [2.75, 3.05) is 0 Å². The molecule has 0 aromatic heterocycles. The van der Waals surface area contributed by atoms with Gasteiger partial charge in [0.1, 0.15) is 17.3 Å². The molecule has 0 aliphatic heterocycles. The Morgan fingerprint density at radius 1 is 0.962 bits per heavy atom. The minimum Gasteiger partial charge on any atom is -0.457 e. The molecule has 130 valence electrons. The van der Waals surface area contributed by atoms with Crippen molar-refractivity contribution in [1.29, 1.82) is 0 Å². The van der Waals surface area contributed by atoms with Gasteiger partial charge in [-0.05, 0) is 47.5 Å². The maximum atomic E-state index is 12.9. The number of ether oxygens (including phenoxy) is 1. The van der Waals surface area contributed by atoms with Crippen LogP contribution in [0.4, 0.5) is 4.39 Å². The molecule has 0 aliphatic rings. The topological polar surface area (TPSA) is 50.7 Å². The highest BCUT2D eigenvalue weighted by Gasteiger charge is 2.02. The predicted octanol–water partition coefficient (Wildman–Crippen LogP) is 4.31. The molecule has 0 aliphatic carbocycles. The lowest BCUT2D eigenvalue weighted by Crippen LogP contribution is -2.19. The fourth-order valence-electron chi connectivity index (χ4n) is 2.29. The number of benzene rings is 3. The smallest absolute Gasteiger partial charge is 0.244 e. The summed E-state index contributed by atoms with van der Waals surface area (Å²) in [5.41, 5.74) is 3.97. The van der Waals surface area contributed by atoms with Gasteiger partial charge in [-0.25, -0.2) is 9.82 Å². The first-order chi connectivity index (χ1) is 12.7. The molecular formula is C21H17FN2O2. The summed E-state index contributed by atoms with van der Waals surface area (Å²) in [6.07, 6.45) is 1.68. The lowest BCUT2D eigenvalue weighted by atomic mass is 10.1. The number of hydrogen-bond acceptors (Lipinski definition) is 3. The van der Waals surface area contributed by atoms with E-state index < -0.39 is 0 Å². The van der Waals surface area contributed by atoms with Gasteiger partial charge in [-0.1, -0.05) is 42.5 Å². The maximum Gasteiger partial charge on any atom is 0.244 e. The first-order valence-corrected chi connectivity index (χ1v) is 8.08. The van der Waals surface area contributed by atoms with Crippen LogP contribution >= 0.6 is 0 Å². The molecule has 0 fully saturated rings. The first-order valence-electron chi connectivity index (χ1n) is 8.08. The molecule has 0 unspecified atom stereocenters. The molecule has 1 N–H and O–H groups in total. The molecule has 0 saturated carbocycles. The van der Waals surface area contributed by atoms with Crippen molar-refractivity contribution >= 4 is 12.1 Å². The summed E-state index contributed by atoms with van der Waals surface area (Å²) in [4.78, 5) is 11.9. The average molecular weight is 348 g/mol. The van der Waals surface area contributed by atoms with Crippen molar-refractivity contribution in [2.24, 2.45) is 5.10 Å². The molecule has 0 saturated heterocycles. The van der Waals surface area contributed by atoms with Gasteiger partial charge in [0.25, 0.3) is 0 Å². The molecule has 0 heterocycles. The molecular weight excluding hydrogens is 331 g/mol. The van der Waals surface area contributed by atoms with Crippen LogP contribution in [0, 0.1) is 5.82 Å². The zero-order valence-electron chi connectivity index (χ0n) is 13.9. The summed E-state index contributed by atoms with van der Waals surface area (Å²) >= 11 is 0. The number of halogens is 1. The van der Waals surface area contributed by atoms with Crippen LogP contribution < -0.4 is 10.2 Å². The number of rotatable bonds is 6. The van der Waals surface area contributed by atoms with Crippen LogP contribution in [-0.4, -0.2) is 12.1 Å². The number of para-hydroxylation sites is 1. The summed E-state index contributed by atoms with van der Waals surface area (Å²) in [6.45, 7) is 0. The average Bonchev–Trinajstić information content (AvgIpc) is 2.65. The fourth-order valence-corrected chi connectivity index (χ4v) is 2.29. The Morgan fingerprint density at radius 2 is 1.69 bits per heavy atom. The Kier molecular flexibility index (Phi) is 5.72. The van der Waals surface area contributed by atoms with Gasteiger partial charge >= 0.3 is 0 Å². The number of nitrogens with zero attached hydrogens (tertiary/aromatic N) is 1. The van der Waals surface area contributed by atoms with Crippen LogP contribution in [-0.2, 0) is 11.2 Å². The van der Waals surface area contributed by atoms with E-state index in [1.807, 2.05) is 54.6 Å². The zero-order chi connectivity index (χ0) is 18.2. The van der Waals surface area contributed by atoms with Crippen molar-refractivity contribution in [2.45, 2.75) is 6.42 Å². The Bertz CT molecular complexity index is 893. The van der Waals surface area contributed by atoms with Crippen molar-refractivity contribution in [1.82, 2.24) is 5.43 Å². The van der Waals surface area contributed by atoms with E-state index in [0.29, 0.717) is 5.75 Å². The van der Waals surface area contributed by atoms with Gasteiger partial charge in [-0.2, -0.15) is 5.10 Å².